The van der Waals surface area contributed by atoms with Gasteiger partial charge in [-0.15, -0.1) is 0 Å². The number of nitrogens with one attached hydrogen (secondary N) is 1. The Morgan fingerprint density at radius 1 is 1.62 bits per heavy atom. The third-order valence-electron chi connectivity index (χ3n) is 0.742. The van der Waals surface area contributed by atoms with Crippen LogP contribution in [0.25, 0.3) is 0 Å². The Bertz CT molecular complexity index is 290. The van der Waals surface area contributed by atoms with Gasteiger partial charge in [0.05, 0.1) is 22.2 Å². The minimum atomic E-state index is -1.59. The zero-order valence-electron chi connectivity index (χ0n) is 6.08. The molecule has 0 unspecified atom stereocenters. The Morgan fingerprint density at radius 3 is 2.54 bits per heavy atom. The summed E-state index contributed by atoms with van der Waals surface area (Å²) < 4.78 is 0. The summed E-state index contributed by atoms with van der Waals surface area (Å²) >= 11 is 14.9. The minimum absolute atomic E-state index is 0.0784. The number of aliphatic carboxylic acids is 1. The number of allylic oxidation sites excluding steroid dienone is 1. The Hall–Kier alpha value is -0.850. The summed E-state index contributed by atoms with van der Waals surface area (Å²) in [5, 5.41) is 12.5. The monoisotopic (exact) mass is 240 g/mol. The Labute approximate surface area is 89.2 Å². The lowest BCUT2D eigenvalue weighted by atomic mass is 10.5. The van der Waals surface area contributed by atoms with Crippen LogP contribution >= 0.6 is 35.4 Å². The van der Waals surface area contributed by atoms with E-state index in [4.69, 9.17) is 28.9 Å². The first-order chi connectivity index (χ1) is 5.95. The van der Waals surface area contributed by atoms with Gasteiger partial charge in [-0.25, -0.2) is 0 Å². The van der Waals surface area contributed by atoms with E-state index in [1.54, 1.807) is 0 Å². The van der Waals surface area contributed by atoms with Crippen molar-refractivity contribution in [2.24, 2.45) is 10.8 Å². The lowest BCUT2D eigenvalue weighted by molar-refractivity contribution is -0.298. The van der Waals surface area contributed by atoms with Crippen LogP contribution < -0.4 is 16.3 Å². The van der Waals surface area contributed by atoms with Crippen molar-refractivity contribution in [1.82, 2.24) is 5.43 Å². The summed E-state index contributed by atoms with van der Waals surface area (Å²) in [5.41, 5.74) is 7.16. The summed E-state index contributed by atoms with van der Waals surface area (Å²) in [5.74, 6) is -1.59. The molecule has 0 aromatic heterocycles. The van der Waals surface area contributed by atoms with Crippen LogP contribution in [0.5, 0.6) is 0 Å². The molecule has 0 heterocycles. The van der Waals surface area contributed by atoms with E-state index in [1.165, 1.54) is 0 Å². The lowest BCUT2D eigenvalue weighted by Gasteiger charge is -1.99. The maximum Gasteiger partial charge on any atom is 0.184 e. The van der Waals surface area contributed by atoms with Crippen LogP contribution in [-0.4, -0.2) is 17.3 Å². The average molecular weight is 241 g/mol. The average Bonchev–Trinajstić information content (AvgIpc) is 2.02. The van der Waals surface area contributed by atoms with Gasteiger partial charge in [0.1, 0.15) is 0 Å². The number of thiocarbonyl (C=S) groups is 1. The van der Waals surface area contributed by atoms with Crippen LogP contribution in [0.4, 0.5) is 0 Å². The standard InChI is InChI=1S/C5H5Cl2N3O2S/c6-2(3(7)4(11)12)1-9-10-5(8)13/h1H,(H,11,12)(H3,8,10,13)/p-1/b3-2+,9-1-. The molecule has 0 radical (unpaired) electrons. The summed E-state index contributed by atoms with van der Waals surface area (Å²) in [6, 6.07) is 0. The number of nitrogens with two attached hydrogens (primary N) is 1. The molecule has 0 aliphatic heterocycles. The molecule has 0 atom stereocenters. The van der Waals surface area contributed by atoms with E-state index in [0.717, 1.165) is 6.21 Å². The van der Waals surface area contributed by atoms with Gasteiger partial charge < -0.3 is 15.6 Å². The molecule has 0 aliphatic carbocycles. The SMILES string of the molecule is NC(=S)N/N=C\C(Cl)=C(/Cl)C(=O)[O-]. The first-order valence-corrected chi connectivity index (χ1v) is 3.96. The number of carbonyl (C=O) groups excluding carboxylic acids is 1. The van der Waals surface area contributed by atoms with Crippen molar-refractivity contribution in [3.63, 3.8) is 0 Å². The molecule has 0 aromatic rings. The van der Waals surface area contributed by atoms with E-state index in [-0.39, 0.29) is 10.1 Å². The molecule has 5 nitrogen and oxygen atoms in total. The van der Waals surface area contributed by atoms with E-state index in [2.05, 4.69) is 22.7 Å². The second kappa shape index (κ2) is 5.74. The highest BCUT2D eigenvalue weighted by molar-refractivity contribution is 7.80. The second-order valence-electron chi connectivity index (χ2n) is 1.68. The molecule has 3 N–H and O–H groups in total. The molecule has 0 spiro atoms. The fraction of sp³-hybridized carbons (Fsp3) is 0. The molecule has 0 amide bonds. The van der Waals surface area contributed by atoms with Gasteiger partial charge in [0, 0.05) is 0 Å². The number of hydrogen-bond donors (Lipinski definition) is 2. The predicted octanol–water partition coefficient (Wildman–Crippen LogP) is -0.756. The Kier molecular flexibility index (Phi) is 5.36. The first kappa shape index (κ1) is 12.2. The zero-order valence-corrected chi connectivity index (χ0v) is 8.41. The summed E-state index contributed by atoms with van der Waals surface area (Å²) in [6.45, 7) is 0. The Morgan fingerprint density at radius 2 is 2.15 bits per heavy atom. The van der Waals surface area contributed by atoms with Crippen molar-refractivity contribution in [3.8, 4) is 0 Å². The maximum absolute atomic E-state index is 10.1. The number of nitrogens with zero attached hydrogens (tertiary/aromatic N) is 1. The molecule has 0 saturated carbocycles. The van der Waals surface area contributed by atoms with Crippen molar-refractivity contribution < 1.29 is 9.90 Å². The number of hydrazone groups is 1. The number of carboxylic acids is 1. The lowest BCUT2D eigenvalue weighted by Crippen LogP contribution is -2.24. The highest BCUT2D eigenvalue weighted by atomic mass is 35.5. The smallest absolute Gasteiger partial charge is 0.184 e. The molecular weight excluding hydrogens is 237 g/mol. The normalized spacial score (nSPS) is 12.5. The molecule has 0 bridgehead atoms. The minimum Gasteiger partial charge on any atom is -0.544 e. The van der Waals surface area contributed by atoms with Gasteiger partial charge in [0.2, 0.25) is 0 Å². The van der Waals surface area contributed by atoms with Crippen molar-refractivity contribution in [2.75, 3.05) is 0 Å². The summed E-state index contributed by atoms with van der Waals surface area (Å²) in [7, 11) is 0. The number of halogens is 2. The molecule has 0 fully saturated rings. The van der Waals surface area contributed by atoms with Crippen LogP contribution in [-0.2, 0) is 4.79 Å². The van der Waals surface area contributed by atoms with Gasteiger partial charge in [0.25, 0.3) is 0 Å². The largest absolute Gasteiger partial charge is 0.544 e. The van der Waals surface area contributed by atoms with Crippen LogP contribution in [0, 0.1) is 0 Å². The van der Waals surface area contributed by atoms with E-state index < -0.39 is 11.0 Å². The van der Waals surface area contributed by atoms with E-state index in [1.807, 2.05) is 0 Å². The first-order valence-electron chi connectivity index (χ1n) is 2.80. The zero-order chi connectivity index (χ0) is 10.4. The number of carbonyl (C=O) groups is 1. The fourth-order valence-electron chi connectivity index (χ4n) is 0.307. The maximum atomic E-state index is 10.1. The van der Waals surface area contributed by atoms with Gasteiger partial charge in [0.15, 0.2) is 5.11 Å². The number of carboxylic acid groups (broad SMARTS) is 1. The van der Waals surface area contributed by atoms with E-state index in [9.17, 15) is 9.90 Å². The molecule has 13 heavy (non-hydrogen) atoms. The summed E-state index contributed by atoms with van der Waals surface area (Å²) in [4.78, 5) is 10.1. The van der Waals surface area contributed by atoms with Gasteiger partial charge in [-0.3, -0.25) is 5.43 Å². The van der Waals surface area contributed by atoms with Crippen molar-refractivity contribution in [3.05, 3.63) is 10.1 Å². The topological polar surface area (TPSA) is 90.5 Å². The van der Waals surface area contributed by atoms with Crippen LogP contribution in [0.3, 0.4) is 0 Å². The van der Waals surface area contributed by atoms with Crippen LogP contribution in [0.15, 0.2) is 15.2 Å². The molecule has 0 saturated heterocycles. The Balaban J connectivity index is 4.36. The van der Waals surface area contributed by atoms with Crippen LogP contribution in [0.2, 0.25) is 0 Å². The van der Waals surface area contributed by atoms with Gasteiger partial charge >= 0.3 is 0 Å². The fourth-order valence-corrected chi connectivity index (χ4v) is 0.534. The molecule has 0 rings (SSSR count). The quantitative estimate of drug-likeness (QED) is 0.293. The van der Waals surface area contributed by atoms with Gasteiger partial charge in [-0.05, 0) is 12.2 Å². The second-order valence-corrected chi connectivity index (χ2v) is 2.91. The highest BCUT2D eigenvalue weighted by Crippen LogP contribution is 2.10. The molecule has 8 heteroatoms. The molecule has 0 aromatic carbocycles. The number of rotatable bonds is 3. The van der Waals surface area contributed by atoms with Crippen LogP contribution in [0.1, 0.15) is 0 Å². The molecule has 72 valence electrons. The van der Waals surface area contributed by atoms with Crippen molar-refractivity contribution >= 4 is 52.7 Å². The third kappa shape index (κ3) is 5.40. The van der Waals surface area contributed by atoms with Gasteiger partial charge in [-0.2, -0.15) is 5.10 Å². The molecular formula is C5H4Cl2N3O2S-. The van der Waals surface area contributed by atoms with E-state index in [0.29, 0.717) is 0 Å². The highest BCUT2D eigenvalue weighted by Gasteiger charge is 1.99. The van der Waals surface area contributed by atoms with Gasteiger partial charge in [-0.1, -0.05) is 23.2 Å². The summed E-state index contributed by atoms with van der Waals surface area (Å²) in [6.07, 6.45) is 0.943. The predicted molar refractivity (Wildman–Crippen MR) is 52.2 cm³/mol. The number of hydrogen-bond acceptors (Lipinski definition) is 4. The van der Waals surface area contributed by atoms with Crippen molar-refractivity contribution in [1.29, 1.82) is 0 Å². The third-order valence-corrected chi connectivity index (χ3v) is 1.57. The van der Waals surface area contributed by atoms with E-state index >= 15 is 0 Å². The molecule has 0 aliphatic rings. The van der Waals surface area contributed by atoms with Crippen molar-refractivity contribution in [2.45, 2.75) is 0 Å².